The third-order valence-electron chi connectivity index (χ3n) is 3.55. The summed E-state index contributed by atoms with van der Waals surface area (Å²) in [5.74, 6) is 0.332. The molecular weight excluding hydrogens is 256 g/mol. The van der Waals surface area contributed by atoms with Crippen LogP contribution >= 0.6 is 0 Å². The SMILES string of the molecule is CN(C)C(=O)C[C@H]1CCCC[C@@H]1NC(=O)OC(C)(C)C. The molecule has 0 saturated heterocycles. The van der Waals surface area contributed by atoms with Crippen LogP contribution in [0, 0.1) is 5.92 Å². The summed E-state index contributed by atoms with van der Waals surface area (Å²) in [6, 6.07) is 0.0440. The van der Waals surface area contributed by atoms with E-state index >= 15 is 0 Å². The number of amides is 2. The van der Waals surface area contributed by atoms with E-state index in [9.17, 15) is 9.59 Å². The number of nitrogens with zero attached hydrogens (tertiary/aromatic N) is 1. The maximum Gasteiger partial charge on any atom is 0.407 e. The largest absolute Gasteiger partial charge is 0.444 e. The average Bonchev–Trinajstić information content (AvgIpc) is 2.28. The Morgan fingerprint density at radius 3 is 2.35 bits per heavy atom. The fourth-order valence-electron chi connectivity index (χ4n) is 2.51. The van der Waals surface area contributed by atoms with Crippen molar-refractivity contribution in [1.82, 2.24) is 10.2 Å². The minimum absolute atomic E-state index is 0.0440. The first kappa shape index (κ1) is 16.8. The highest BCUT2D eigenvalue weighted by Gasteiger charge is 2.30. The standard InChI is InChI=1S/C15H28N2O3/c1-15(2,3)20-14(19)16-12-9-7-6-8-11(12)10-13(18)17(4)5/h11-12H,6-10H2,1-5H3,(H,16,19)/t11-,12+/m1/s1. The Balaban J connectivity index is 2.56. The third kappa shape index (κ3) is 5.80. The van der Waals surface area contributed by atoms with E-state index in [0.717, 1.165) is 25.7 Å². The molecule has 116 valence electrons. The number of nitrogens with one attached hydrogen (secondary N) is 1. The first-order valence-corrected chi connectivity index (χ1v) is 7.38. The number of alkyl carbamates (subject to hydrolysis) is 1. The lowest BCUT2D eigenvalue weighted by Gasteiger charge is -2.33. The van der Waals surface area contributed by atoms with Gasteiger partial charge in [0.05, 0.1) is 0 Å². The van der Waals surface area contributed by atoms with Gasteiger partial charge in [0.1, 0.15) is 5.60 Å². The van der Waals surface area contributed by atoms with Gasteiger partial charge in [0.2, 0.25) is 5.91 Å². The van der Waals surface area contributed by atoms with Crippen LogP contribution in [0.15, 0.2) is 0 Å². The molecule has 0 unspecified atom stereocenters. The summed E-state index contributed by atoms with van der Waals surface area (Å²) >= 11 is 0. The maximum absolute atomic E-state index is 11.9. The zero-order chi connectivity index (χ0) is 15.3. The third-order valence-corrected chi connectivity index (χ3v) is 3.55. The number of rotatable bonds is 3. The fraction of sp³-hybridized carbons (Fsp3) is 0.867. The van der Waals surface area contributed by atoms with Crippen molar-refractivity contribution in [3.63, 3.8) is 0 Å². The first-order valence-electron chi connectivity index (χ1n) is 7.38. The summed E-state index contributed by atoms with van der Waals surface area (Å²) in [7, 11) is 3.53. The molecule has 1 saturated carbocycles. The van der Waals surface area contributed by atoms with Crippen LogP contribution in [0.3, 0.4) is 0 Å². The summed E-state index contributed by atoms with van der Waals surface area (Å²) in [6.07, 6.45) is 4.23. The van der Waals surface area contributed by atoms with E-state index in [1.165, 1.54) is 0 Å². The molecule has 0 bridgehead atoms. The number of carbonyl (C=O) groups is 2. The zero-order valence-corrected chi connectivity index (χ0v) is 13.4. The van der Waals surface area contributed by atoms with Gasteiger partial charge in [-0.3, -0.25) is 4.79 Å². The Bertz CT molecular complexity index is 348. The van der Waals surface area contributed by atoms with Gasteiger partial charge in [-0.1, -0.05) is 12.8 Å². The molecule has 2 amide bonds. The lowest BCUT2D eigenvalue weighted by molar-refractivity contribution is -0.130. The lowest BCUT2D eigenvalue weighted by Crippen LogP contribution is -2.45. The first-order chi connectivity index (χ1) is 9.19. The molecule has 0 aromatic rings. The minimum Gasteiger partial charge on any atom is -0.444 e. The van der Waals surface area contributed by atoms with Crippen molar-refractivity contribution >= 4 is 12.0 Å². The van der Waals surface area contributed by atoms with Gasteiger partial charge < -0.3 is 15.0 Å². The van der Waals surface area contributed by atoms with Crippen LogP contribution in [0.4, 0.5) is 4.79 Å². The Morgan fingerprint density at radius 1 is 1.20 bits per heavy atom. The summed E-state index contributed by atoms with van der Waals surface area (Å²) < 4.78 is 5.30. The van der Waals surface area contributed by atoms with Crippen LogP contribution in [0.2, 0.25) is 0 Å². The Kier molecular flexibility index (Phi) is 5.84. The molecule has 1 rings (SSSR count). The molecule has 5 nitrogen and oxygen atoms in total. The van der Waals surface area contributed by atoms with Gasteiger partial charge >= 0.3 is 6.09 Å². The van der Waals surface area contributed by atoms with Crippen molar-refractivity contribution in [2.75, 3.05) is 14.1 Å². The molecule has 0 aliphatic heterocycles. The Hall–Kier alpha value is -1.26. The summed E-state index contributed by atoms with van der Waals surface area (Å²) in [5.41, 5.74) is -0.492. The van der Waals surface area contributed by atoms with E-state index in [1.54, 1.807) is 19.0 Å². The van der Waals surface area contributed by atoms with Crippen molar-refractivity contribution < 1.29 is 14.3 Å². The van der Waals surface area contributed by atoms with E-state index in [1.807, 2.05) is 20.8 Å². The molecule has 1 N–H and O–H groups in total. The van der Waals surface area contributed by atoms with E-state index in [2.05, 4.69) is 5.32 Å². The molecule has 20 heavy (non-hydrogen) atoms. The molecule has 0 aromatic carbocycles. The summed E-state index contributed by atoms with van der Waals surface area (Å²) in [5, 5.41) is 2.94. The van der Waals surface area contributed by atoms with Crippen molar-refractivity contribution in [2.24, 2.45) is 5.92 Å². The average molecular weight is 284 g/mol. The predicted molar refractivity (Wildman–Crippen MR) is 78.4 cm³/mol. The smallest absolute Gasteiger partial charge is 0.407 e. The van der Waals surface area contributed by atoms with Crippen molar-refractivity contribution in [1.29, 1.82) is 0 Å². The molecule has 1 fully saturated rings. The Morgan fingerprint density at radius 2 is 1.80 bits per heavy atom. The van der Waals surface area contributed by atoms with Crippen molar-refractivity contribution in [3.05, 3.63) is 0 Å². The highest BCUT2D eigenvalue weighted by Crippen LogP contribution is 2.27. The van der Waals surface area contributed by atoms with Gasteiger partial charge in [-0.15, -0.1) is 0 Å². The van der Waals surface area contributed by atoms with Crippen molar-refractivity contribution in [2.45, 2.75) is 64.5 Å². The molecule has 0 aromatic heterocycles. The molecule has 0 spiro atoms. The molecule has 5 heteroatoms. The van der Waals surface area contributed by atoms with Crippen LogP contribution in [0.25, 0.3) is 0 Å². The quantitative estimate of drug-likeness (QED) is 0.866. The van der Waals surface area contributed by atoms with E-state index in [-0.39, 0.29) is 24.0 Å². The second-order valence-electron chi connectivity index (χ2n) is 6.79. The van der Waals surface area contributed by atoms with Gasteiger partial charge in [-0.25, -0.2) is 4.79 Å². The van der Waals surface area contributed by atoms with Crippen LogP contribution in [0.5, 0.6) is 0 Å². The van der Waals surface area contributed by atoms with Crippen LogP contribution in [0.1, 0.15) is 52.9 Å². The maximum atomic E-state index is 11.9. The van der Waals surface area contributed by atoms with Gasteiger partial charge in [-0.2, -0.15) is 0 Å². The fourth-order valence-corrected chi connectivity index (χ4v) is 2.51. The second-order valence-corrected chi connectivity index (χ2v) is 6.79. The zero-order valence-electron chi connectivity index (χ0n) is 13.4. The number of ether oxygens (including phenoxy) is 1. The molecule has 0 heterocycles. The monoisotopic (exact) mass is 284 g/mol. The molecule has 2 atom stereocenters. The molecule has 1 aliphatic rings. The minimum atomic E-state index is -0.492. The van der Waals surface area contributed by atoms with Gasteiger partial charge in [0.15, 0.2) is 0 Å². The summed E-state index contributed by atoms with van der Waals surface area (Å²) in [6.45, 7) is 5.54. The molecule has 0 radical (unpaired) electrons. The molecule has 1 aliphatic carbocycles. The van der Waals surface area contributed by atoms with Crippen LogP contribution in [-0.2, 0) is 9.53 Å². The number of carbonyl (C=O) groups excluding carboxylic acids is 2. The topological polar surface area (TPSA) is 58.6 Å². The number of hydrogen-bond donors (Lipinski definition) is 1. The van der Waals surface area contributed by atoms with Gasteiger partial charge in [-0.05, 0) is 39.5 Å². The normalized spacial score (nSPS) is 23.1. The highest BCUT2D eigenvalue weighted by atomic mass is 16.6. The van der Waals surface area contributed by atoms with Gasteiger partial charge in [0, 0.05) is 26.6 Å². The van der Waals surface area contributed by atoms with E-state index in [4.69, 9.17) is 4.74 Å². The van der Waals surface area contributed by atoms with Gasteiger partial charge in [0.25, 0.3) is 0 Å². The lowest BCUT2D eigenvalue weighted by atomic mass is 9.82. The van der Waals surface area contributed by atoms with E-state index in [0.29, 0.717) is 6.42 Å². The molecular formula is C15H28N2O3. The highest BCUT2D eigenvalue weighted by molar-refractivity contribution is 5.76. The Labute approximate surface area is 122 Å². The predicted octanol–water partition coefficient (Wildman–Crippen LogP) is 2.55. The second kappa shape index (κ2) is 6.95. The van der Waals surface area contributed by atoms with Crippen LogP contribution in [-0.4, -0.2) is 42.6 Å². The summed E-state index contributed by atoms with van der Waals surface area (Å²) in [4.78, 5) is 25.3. The van der Waals surface area contributed by atoms with Crippen LogP contribution < -0.4 is 5.32 Å². The van der Waals surface area contributed by atoms with Crippen molar-refractivity contribution in [3.8, 4) is 0 Å². The van der Waals surface area contributed by atoms with E-state index < -0.39 is 5.60 Å². The number of hydrogen-bond acceptors (Lipinski definition) is 3.